The van der Waals surface area contributed by atoms with E-state index in [0.29, 0.717) is 17.5 Å². The molecule has 0 spiro atoms. The molecule has 3 nitrogen and oxygen atoms in total. The van der Waals surface area contributed by atoms with E-state index in [2.05, 4.69) is 10.2 Å². The zero-order valence-electron chi connectivity index (χ0n) is 4.84. The number of aromatic nitrogens is 2. The summed E-state index contributed by atoms with van der Waals surface area (Å²) >= 11 is 10.9. The van der Waals surface area contributed by atoms with Gasteiger partial charge in [-0.1, -0.05) is 23.2 Å². The summed E-state index contributed by atoms with van der Waals surface area (Å²) in [5, 5.41) is 6.10. The zero-order chi connectivity index (χ0) is 7.56. The molecule has 5 heteroatoms. The van der Waals surface area contributed by atoms with E-state index in [-0.39, 0.29) is 0 Å². The number of carbonyl (C=O) groups is 1. The van der Waals surface area contributed by atoms with Crippen molar-refractivity contribution in [3.63, 3.8) is 0 Å². The van der Waals surface area contributed by atoms with Crippen molar-refractivity contribution in [2.24, 2.45) is 0 Å². The van der Waals surface area contributed by atoms with Crippen LogP contribution in [0, 0.1) is 0 Å². The second kappa shape index (κ2) is 3.03. The van der Waals surface area contributed by atoms with Crippen molar-refractivity contribution in [3.8, 4) is 0 Å². The Morgan fingerprint density at radius 1 is 1.70 bits per heavy atom. The monoisotopic (exact) mass is 178 g/mol. The van der Waals surface area contributed by atoms with Crippen LogP contribution in [0.2, 0.25) is 0 Å². The van der Waals surface area contributed by atoms with Gasteiger partial charge < -0.3 is 0 Å². The minimum Gasteiger partial charge on any atom is -0.298 e. The number of carbonyl (C=O) groups excluding carboxylic acids is 1. The SMILES string of the molecule is O=Cc1cn[nH]c1C(Cl)Cl. The van der Waals surface area contributed by atoms with Gasteiger partial charge in [0.1, 0.15) is 4.84 Å². The molecule has 10 heavy (non-hydrogen) atoms. The van der Waals surface area contributed by atoms with Gasteiger partial charge in [-0.15, -0.1) is 0 Å². The fourth-order valence-electron chi connectivity index (χ4n) is 0.574. The lowest BCUT2D eigenvalue weighted by molar-refractivity contribution is 0.112. The molecule has 0 aromatic carbocycles. The van der Waals surface area contributed by atoms with Crippen LogP contribution >= 0.6 is 23.2 Å². The van der Waals surface area contributed by atoms with E-state index < -0.39 is 4.84 Å². The maximum absolute atomic E-state index is 10.2. The summed E-state index contributed by atoms with van der Waals surface area (Å²) in [4.78, 5) is 9.50. The summed E-state index contributed by atoms with van der Waals surface area (Å²) in [6.07, 6.45) is 2.02. The van der Waals surface area contributed by atoms with E-state index in [0.717, 1.165) is 0 Å². The average Bonchev–Trinajstić information content (AvgIpc) is 2.33. The largest absolute Gasteiger partial charge is 0.298 e. The molecule has 1 aromatic heterocycles. The lowest BCUT2D eigenvalue weighted by Crippen LogP contribution is -1.87. The van der Waals surface area contributed by atoms with Crippen LogP contribution in [0.1, 0.15) is 20.9 Å². The first kappa shape index (κ1) is 7.57. The lowest BCUT2D eigenvalue weighted by Gasteiger charge is -1.94. The normalized spacial score (nSPS) is 10.3. The standard InChI is InChI=1S/C5H4Cl2N2O/c6-5(7)4-3(2-10)1-8-9-4/h1-2,5H,(H,8,9). The van der Waals surface area contributed by atoms with E-state index in [4.69, 9.17) is 23.2 Å². The third kappa shape index (κ3) is 1.30. The predicted octanol–water partition coefficient (Wildman–Crippen LogP) is 1.70. The van der Waals surface area contributed by atoms with Crippen molar-refractivity contribution in [1.29, 1.82) is 0 Å². The number of rotatable bonds is 2. The predicted molar refractivity (Wildman–Crippen MR) is 38.4 cm³/mol. The Kier molecular flexibility index (Phi) is 2.29. The second-order valence-corrected chi connectivity index (χ2v) is 2.75. The van der Waals surface area contributed by atoms with Gasteiger partial charge in [-0.25, -0.2) is 0 Å². The van der Waals surface area contributed by atoms with Crippen LogP contribution < -0.4 is 0 Å². The molecular weight excluding hydrogens is 175 g/mol. The van der Waals surface area contributed by atoms with Gasteiger partial charge in [-0.05, 0) is 0 Å². The Balaban J connectivity index is 3.01. The molecule has 0 radical (unpaired) electrons. The molecule has 0 aliphatic heterocycles. The molecule has 1 N–H and O–H groups in total. The smallest absolute Gasteiger partial charge is 0.153 e. The third-order valence-corrected chi connectivity index (χ3v) is 1.48. The van der Waals surface area contributed by atoms with E-state index >= 15 is 0 Å². The van der Waals surface area contributed by atoms with Gasteiger partial charge in [0, 0.05) is 0 Å². The summed E-state index contributed by atoms with van der Waals surface area (Å²) in [5.74, 6) is 0. The first-order chi connectivity index (χ1) is 4.75. The number of aldehydes is 1. The first-order valence-electron chi connectivity index (χ1n) is 2.52. The molecule has 0 unspecified atom stereocenters. The van der Waals surface area contributed by atoms with Crippen molar-refractivity contribution in [1.82, 2.24) is 10.2 Å². The molecule has 54 valence electrons. The van der Waals surface area contributed by atoms with Crippen LogP contribution in [0.5, 0.6) is 0 Å². The van der Waals surface area contributed by atoms with Crippen LogP contribution in [-0.4, -0.2) is 16.5 Å². The fraction of sp³-hybridized carbons (Fsp3) is 0.200. The van der Waals surface area contributed by atoms with Crippen LogP contribution in [0.4, 0.5) is 0 Å². The highest BCUT2D eigenvalue weighted by molar-refractivity contribution is 6.44. The molecule has 0 fully saturated rings. The quantitative estimate of drug-likeness (QED) is 0.554. The maximum atomic E-state index is 10.2. The van der Waals surface area contributed by atoms with E-state index in [1.807, 2.05) is 0 Å². The lowest BCUT2D eigenvalue weighted by atomic mass is 10.3. The van der Waals surface area contributed by atoms with Gasteiger partial charge >= 0.3 is 0 Å². The molecule has 0 atom stereocenters. The fourth-order valence-corrected chi connectivity index (χ4v) is 0.924. The highest BCUT2D eigenvalue weighted by atomic mass is 35.5. The van der Waals surface area contributed by atoms with Crippen molar-refractivity contribution in [2.45, 2.75) is 4.84 Å². The van der Waals surface area contributed by atoms with Crippen molar-refractivity contribution in [2.75, 3.05) is 0 Å². The number of nitrogens with zero attached hydrogens (tertiary/aromatic N) is 1. The molecule has 1 rings (SSSR count). The molecule has 0 bridgehead atoms. The number of hydrogen-bond acceptors (Lipinski definition) is 2. The van der Waals surface area contributed by atoms with Gasteiger partial charge in [0.2, 0.25) is 0 Å². The van der Waals surface area contributed by atoms with Crippen molar-refractivity contribution < 1.29 is 4.79 Å². The second-order valence-electron chi connectivity index (χ2n) is 1.66. The molecule has 0 saturated carbocycles. The third-order valence-electron chi connectivity index (χ3n) is 1.04. The Bertz CT molecular complexity index is 233. The number of H-pyrrole nitrogens is 1. The summed E-state index contributed by atoms with van der Waals surface area (Å²) < 4.78 is 0. The molecule has 1 heterocycles. The molecule has 1 aromatic rings. The Morgan fingerprint density at radius 3 is 2.80 bits per heavy atom. The minimum absolute atomic E-state index is 0.398. The first-order valence-corrected chi connectivity index (χ1v) is 3.39. The Labute approximate surface area is 67.3 Å². The van der Waals surface area contributed by atoms with Crippen LogP contribution in [0.3, 0.4) is 0 Å². The molecule has 0 aliphatic rings. The number of halogens is 2. The average molecular weight is 179 g/mol. The highest BCUT2D eigenvalue weighted by Crippen LogP contribution is 2.24. The molecule has 0 aliphatic carbocycles. The van der Waals surface area contributed by atoms with Gasteiger partial charge in [0.15, 0.2) is 6.29 Å². The Hall–Kier alpha value is -0.540. The van der Waals surface area contributed by atoms with Gasteiger partial charge in [-0.3, -0.25) is 9.89 Å². The highest BCUT2D eigenvalue weighted by Gasteiger charge is 2.10. The van der Waals surface area contributed by atoms with Gasteiger partial charge in [0.05, 0.1) is 17.5 Å². The Morgan fingerprint density at radius 2 is 2.40 bits per heavy atom. The summed E-state index contributed by atoms with van der Waals surface area (Å²) in [5.41, 5.74) is 0.841. The van der Waals surface area contributed by atoms with Crippen molar-refractivity contribution >= 4 is 29.5 Å². The molecule has 0 saturated heterocycles. The summed E-state index contributed by atoms with van der Waals surface area (Å²) in [6, 6.07) is 0. The van der Waals surface area contributed by atoms with Crippen LogP contribution in [0.25, 0.3) is 0 Å². The number of alkyl halides is 2. The van der Waals surface area contributed by atoms with Gasteiger partial charge in [-0.2, -0.15) is 5.10 Å². The van der Waals surface area contributed by atoms with Crippen LogP contribution in [-0.2, 0) is 0 Å². The minimum atomic E-state index is -0.720. The van der Waals surface area contributed by atoms with E-state index in [1.165, 1.54) is 6.20 Å². The number of nitrogens with one attached hydrogen (secondary N) is 1. The van der Waals surface area contributed by atoms with E-state index in [9.17, 15) is 4.79 Å². The molecule has 0 amide bonds. The summed E-state index contributed by atoms with van der Waals surface area (Å²) in [6.45, 7) is 0. The van der Waals surface area contributed by atoms with Crippen LogP contribution in [0.15, 0.2) is 6.20 Å². The summed E-state index contributed by atoms with van der Waals surface area (Å²) in [7, 11) is 0. The van der Waals surface area contributed by atoms with Gasteiger partial charge in [0.25, 0.3) is 0 Å². The zero-order valence-corrected chi connectivity index (χ0v) is 6.36. The number of aromatic amines is 1. The topological polar surface area (TPSA) is 45.8 Å². The van der Waals surface area contributed by atoms with E-state index in [1.54, 1.807) is 0 Å². The molecular formula is C5H4Cl2N2O. The van der Waals surface area contributed by atoms with Crippen molar-refractivity contribution in [3.05, 3.63) is 17.5 Å². The number of hydrogen-bond donors (Lipinski definition) is 1. The maximum Gasteiger partial charge on any atom is 0.153 e.